The summed E-state index contributed by atoms with van der Waals surface area (Å²) in [6.45, 7) is 4.85. The number of rotatable bonds is 6. The lowest BCUT2D eigenvalue weighted by Gasteiger charge is -2.17. The fourth-order valence-electron chi connectivity index (χ4n) is 3.38. The van der Waals surface area contributed by atoms with Gasteiger partial charge in [0.2, 0.25) is 4.96 Å². The summed E-state index contributed by atoms with van der Waals surface area (Å²) in [5.41, 5.74) is 0.779. The first-order valence-electron chi connectivity index (χ1n) is 9.40. The van der Waals surface area contributed by atoms with Gasteiger partial charge in [-0.15, -0.1) is 10.2 Å². The molecule has 0 radical (unpaired) electrons. The van der Waals surface area contributed by atoms with Crippen molar-refractivity contribution in [3.05, 3.63) is 44.7 Å². The molecular weight excluding hydrogens is 380 g/mol. The molecule has 1 aromatic carbocycles. The standard InChI is InChI=1S/C18H22N6O3S/c1-13-6-7-15(14(10-13)24(25)26)27-12-17-21-23-16(19-20-18(23)28-17)11-22-8-4-2-3-5-9-22/h6-7,10H,2-5,8-9,11-12H2,1H3. The first kappa shape index (κ1) is 18.8. The van der Waals surface area contributed by atoms with Gasteiger partial charge in [0.1, 0.15) is 6.61 Å². The lowest BCUT2D eigenvalue weighted by Crippen LogP contribution is -2.25. The summed E-state index contributed by atoms with van der Waals surface area (Å²) < 4.78 is 7.44. The van der Waals surface area contributed by atoms with Crippen molar-refractivity contribution in [3.8, 4) is 5.75 Å². The average molecular weight is 402 g/mol. The Labute approximate surface area is 166 Å². The SMILES string of the molecule is Cc1ccc(OCc2nn3c(CN4CCCCCC4)nnc3s2)c([N+](=O)[O-])c1. The molecule has 0 unspecified atom stereocenters. The number of likely N-dealkylation sites (tertiary alicyclic amines) is 1. The Morgan fingerprint density at radius 1 is 1.21 bits per heavy atom. The molecule has 4 rings (SSSR count). The van der Waals surface area contributed by atoms with Crippen LogP contribution in [0.2, 0.25) is 0 Å². The molecule has 28 heavy (non-hydrogen) atoms. The van der Waals surface area contributed by atoms with Crippen molar-refractivity contribution in [2.24, 2.45) is 0 Å². The molecule has 2 aromatic heterocycles. The monoisotopic (exact) mass is 402 g/mol. The molecule has 0 amide bonds. The highest BCUT2D eigenvalue weighted by Gasteiger charge is 2.18. The largest absolute Gasteiger partial charge is 0.479 e. The van der Waals surface area contributed by atoms with Crippen LogP contribution in [0.1, 0.15) is 42.1 Å². The summed E-state index contributed by atoms with van der Waals surface area (Å²) in [4.78, 5) is 13.9. The molecule has 3 aromatic rings. The van der Waals surface area contributed by atoms with Gasteiger partial charge in [-0.3, -0.25) is 15.0 Å². The van der Waals surface area contributed by atoms with Gasteiger partial charge >= 0.3 is 5.69 Å². The van der Waals surface area contributed by atoms with Gasteiger partial charge < -0.3 is 4.74 Å². The van der Waals surface area contributed by atoms with Gasteiger partial charge in [-0.1, -0.05) is 30.2 Å². The summed E-state index contributed by atoms with van der Waals surface area (Å²) in [6, 6.07) is 4.92. The summed E-state index contributed by atoms with van der Waals surface area (Å²) in [7, 11) is 0. The van der Waals surface area contributed by atoms with Crippen LogP contribution in [0, 0.1) is 17.0 Å². The fraction of sp³-hybridized carbons (Fsp3) is 0.500. The summed E-state index contributed by atoms with van der Waals surface area (Å²) in [6.07, 6.45) is 5.00. The van der Waals surface area contributed by atoms with Crippen molar-refractivity contribution in [1.29, 1.82) is 0 Å². The summed E-state index contributed by atoms with van der Waals surface area (Å²) >= 11 is 1.39. The van der Waals surface area contributed by atoms with Crippen molar-refractivity contribution >= 4 is 22.0 Å². The predicted octanol–water partition coefficient (Wildman–Crippen LogP) is 3.36. The molecule has 10 heteroatoms. The lowest BCUT2D eigenvalue weighted by atomic mass is 10.2. The number of aromatic nitrogens is 4. The number of ether oxygens (including phenoxy) is 1. The highest BCUT2D eigenvalue weighted by atomic mass is 32.1. The van der Waals surface area contributed by atoms with Gasteiger partial charge in [-0.2, -0.15) is 9.61 Å². The minimum absolute atomic E-state index is 0.0372. The second-order valence-electron chi connectivity index (χ2n) is 7.01. The zero-order chi connectivity index (χ0) is 19.5. The third-order valence-corrected chi connectivity index (χ3v) is 5.70. The van der Waals surface area contributed by atoms with Crippen molar-refractivity contribution < 1.29 is 9.66 Å². The molecule has 0 bridgehead atoms. The molecule has 1 saturated heterocycles. The Balaban J connectivity index is 1.47. The maximum absolute atomic E-state index is 11.2. The zero-order valence-electron chi connectivity index (χ0n) is 15.7. The van der Waals surface area contributed by atoms with Crippen LogP contribution in [0.5, 0.6) is 5.75 Å². The lowest BCUT2D eigenvalue weighted by molar-refractivity contribution is -0.386. The molecule has 1 fully saturated rings. The number of hydrogen-bond acceptors (Lipinski definition) is 8. The third kappa shape index (κ3) is 4.12. The van der Waals surface area contributed by atoms with E-state index in [-0.39, 0.29) is 18.0 Å². The van der Waals surface area contributed by atoms with Gasteiger partial charge in [0.25, 0.3) is 0 Å². The zero-order valence-corrected chi connectivity index (χ0v) is 16.5. The second-order valence-corrected chi connectivity index (χ2v) is 8.05. The highest BCUT2D eigenvalue weighted by Crippen LogP contribution is 2.29. The van der Waals surface area contributed by atoms with E-state index in [0.717, 1.165) is 31.0 Å². The van der Waals surface area contributed by atoms with Crippen molar-refractivity contribution in [3.63, 3.8) is 0 Å². The number of hydrogen-bond donors (Lipinski definition) is 0. The number of aryl methyl sites for hydroxylation is 1. The third-order valence-electron chi connectivity index (χ3n) is 4.82. The normalized spacial score (nSPS) is 15.6. The van der Waals surface area contributed by atoms with Crippen molar-refractivity contribution in [1.82, 2.24) is 24.7 Å². The smallest absolute Gasteiger partial charge is 0.311 e. The van der Waals surface area contributed by atoms with Crippen LogP contribution in [0.3, 0.4) is 0 Å². The van der Waals surface area contributed by atoms with E-state index in [4.69, 9.17) is 4.74 Å². The molecule has 0 spiro atoms. The van der Waals surface area contributed by atoms with Crippen LogP contribution in [-0.2, 0) is 13.2 Å². The van der Waals surface area contributed by atoms with E-state index in [2.05, 4.69) is 20.2 Å². The Morgan fingerprint density at radius 2 is 2.00 bits per heavy atom. The number of benzene rings is 1. The number of nitro benzene ring substituents is 1. The Kier molecular flexibility index (Phi) is 5.49. The number of nitrogens with zero attached hydrogens (tertiary/aromatic N) is 6. The van der Waals surface area contributed by atoms with Crippen LogP contribution >= 0.6 is 11.3 Å². The number of fused-ring (bicyclic) bond motifs is 1. The maximum Gasteiger partial charge on any atom is 0.311 e. The molecular formula is C18H22N6O3S. The van der Waals surface area contributed by atoms with Crippen LogP contribution in [-0.4, -0.2) is 42.7 Å². The van der Waals surface area contributed by atoms with Gasteiger partial charge in [0.15, 0.2) is 16.6 Å². The van der Waals surface area contributed by atoms with Gasteiger partial charge in [0, 0.05) is 6.07 Å². The molecule has 9 nitrogen and oxygen atoms in total. The molecule has 3 heterocycles. The van der Waals surface area contributed by atoms with E-state index in [1.807, 2.05) is 6.92 Å². The topological polar surface area (TPSA) is 98.7 Å². The average Bonchev–Trinajstić information content (AvgIpc) is 3.13. The Hall–Kier alpha value is -2.59. The Bertz CT molecular complexity index is 977. The van der Waals surface area contributed by atoms with E-state index in [9.17, 15) is 10.1 Å². The van der Waals surface area contributed by atoms with Gasteiger partial charge in [0.05, 0.1) is 11.5 Å². The summed E-state index contributed by atoms with van der Waals surface area (Å²) in [5.74, 6) is 1.06. The molecule has 0 atom stereocenters. The van der Waals surface area contributed by atoms with Crippen LogP contribution in [0.4, 0.5) is 5.69 Å². The minimum Gasteiger partial charge on any atom is -0.479 e. The van der Waals surface area contributed by atoms with E-state index in [1.54, 1.807) is 16.6 Å². The van der Waals surface area contributed by atoms with Crippen molar-refractivity contribution in [2.45, 2.75) is 45.8 Å². The first-order valence-corrected chi connectivity index (χ1v) is 10.2. The van der Waals surface area contributed by atoms with E-state index in [1.165, 1.54) is 43.1 Å². The van der Waals surface area contributed by atoms with Crippen molar-refractivity contribution in [2.75, 3.05) is 13.1 Å². The Morgan fingerprint density at radius 3 is 2.75 bits per heavy atom. The van der Waals surface area contributed by atoms with Crippen LogP contribution in [0.15, 0.2) is 18.2 Å². The van der Waals surface area contributed by atoms with Crippen LogP contribution < -0.4 is 4.74 Å². The molecule has 148 valence electrons. The molecule has 1 aliphatic heterocycles. The number of nitro groups is 1. The van der Waals surface area contributed by atoms with Crippen LogP contribution in [0.25, 0.3) is 4.96 Å². The predicted molar refractivity (Wildman–Crippen MR) is 105 cm³/mol. The molecule has 0 aliphatic carbocycles. The first-order chi connectivity index (χ1) is 13.6. The molecule has 1 aliphatic rings. The van der Waals surface area contributed by atoms with E-state index < -0.39 is 4.92 Å². The minimum atomic E-state index is -0.430. The fourth-order valence-corrected chi connectivity index (χ4v) is 4.15. The molecule has 0 N–H and O–H groups in total. The second kappa shape index (κ2) is 8.19. The van der Waals surface area contributed by atoms with E-state index >= 15 is 0 Å². The quantitative estimate of drug-likeness (QED) is 0.460. The van der Waals surface area contributed by atoms with E-state index in [0.29, 0.717) is 9.97 Å². The highest BCUT2D eigenvalue weighted by molar-refractivity contribution is 7.16. The molecule has 0 saturated carbocycles. The maximum atomic E-state index is 11.2. The van der Waals surface area contributed by atoms with Gasteiger partial charge in [-0.05, 0) is 44.5 Å². The van der Waals surface area contributed by atoms with Gasteiger partial charge in [-0.25, -0.2) is 0 Å². The summed E-state index contributed by atoms with van der Waals surface area (Å²) in [5, 5.41) is 25.0.